The van der Waals surface area contributed by atoms with Crippen molar-refractivity contribution in [1.82, 2.24) is 15.4 Å². The smallest absolute Gasteiger partial charge is 0.215 e. The van der Waals surface area contributed by atoms with Gasteiger partial charge >= 0.3 is 0 Å². The molecule has 0 unspecified atom stereocenters. The Morgan fingerprint density at radius 1 is 1.36 bits per heavy atom. The van der Waals surface area contributed by atoms with E-state index in [9.17, 15) is 0 Å². The fourth-order valence-electron chi connectivity index (χ4n) is 0.749. The van der Waals surface area contributed by atoms with Crippen LogP contribution in [0, 0.1) is 6.20 Å². The molecule has 0 saturated carbocycles. The fourth-order valence-corrected chi connectivity index (χ4v) is 0.749. The molecule has 1 radical (unpaired) electrons. The first-order chi connectivity index (χ1) is 5.47. The molecule has 0 amide bonds. The van der Waals surface area contributed by atoms with Gasteiger partial charge in [-0.25, -0.2) is 0 Å². The summed E-state index contributed by atoms with van der Waals surface area (Å²) in [6, 6.07) is 5.49. The first-order valence-corrected chi connectivity index (χ1v) is 3.08. The van der Waals surface area contributed by atoms with Crippen molar-refractivity contribution in [3.05, 3.63) is 30.6 Å². The first kappa shape index (κ1) is 6.03. The normalized spacial score (nSPS) is 9.82. The molecule has 2 rings (SSSR count). The van der Waals surface area contributed by atoms with Gasteiger partial charge in [-0.15, -0.1) is 5.10 Å². The Balaban J connectivity index is 2.46. The van der Waals surface area contributed by atoms with Crippen LogP contribution in [-0.2, 0) is 0 Å². The molecule has 0 N–H and O–H groups in total. The van der Waals surface area contributed by atoms with Crippen molar-refractivity contribution in [3.63, 3.8) is 0 Å². The molecule has 0 fully saturated rings. The minimum atomic E-state index is 0.464. The maximum Gasteiger partial charge on any atom is 0.215 e. The van der Waals surface area contributed by atoms with Gasteiger partial charge in [0.1, 0.15) is 5.69 Å². The second kappa shape index (κ2) is 2.49. The van der Waals surface area contributed by atoms with E-state index in [1.807, 2.05) is 12.1 Å². The molecule has 11 heavy (non-hydrogen) atoms. The number of hydrogen-bond donors (Lipinski definition) is 0. The minimum Gasteiger partial charge on any atom is -0.334 e. The molecule has 2 heterocycles. The molecule has 0 aliphatic heterocycles. The SMILES string of the molecule is [c]1nnoc1-c1ccccn1. The van der Waals surface area contributed by atoms with Crippen molar-refractivity contribution in [1.29, 1.82) is 0 Å². The Hall–Kier alpha value is -1.71. The van der Waals surface area contributed by atoms with Crippen molar-refractivity contribution in [2.45, 2.75) is 0 Å². The molecule has 2 aromatic heterocycles. The third-order valence-corrected chi connectivity index (χ3v) is 1.22. The molecule has 0 aromatic carbocycles. The highest BCUT2D eigenvalue weighted by Crippen LogP contribution is 2.11. The molecule has 0 bridgehead atoms. The van der Waals surface area contributed by atoms with E-state index in [1.54, 1.807) is 12.3 Å². The van der Waals surface area contributed by atoms with Gasteiger partial charge in [0.25, 0.3) is 0 Å². The Morgan fingerprint density at radius 3 is 3.00 bits per heavy atom. The van der Waals surface area contributed by atoms with Gasteiger partial charge in [0, 0.05) is 11.5 Å². The van der Waals surface area contributed by atoms with Gasteiger partial charge in [0.2, 0.25) is 5.76 Å². The summed E-state index contributed by atoms with van der Waals surface area (Å²) in [5.74, 6) is 0.464. The molecule has 2 aromatic rings. The van der Waals surface area contributed by atoms with E-state index < -0.39 is 0 Å². The highest BCUT2D eigenvalue weighted by Gasteiger charge is 2.01. The summed E-state index contributed by atoms with van der Waals surface area (Å²) in [6.45, 7) is 0. The molecule has 0 saturated heterocycles. The van der Waals surface area contributed by atoms with E-state index in [1.165, 1.54) is 0 Å². The zero-order valence-electron chi connectivity index (χ0n) is 5.56. The Kier molecular flexibility index (Phi) is 1.37. The summed E-state index contributed by atoms with van der Waals surface area (Å²) in [5.41, 5.74) is 0.692. The van der Waals surface area contributed by atoms with Gasteiger partial charge in [-0.1, -0.05) is 6.07 Å². The standard InChI is InChI=1S/C7H4N3O/c1-2-4-8-6(3-1)7-5-9-10-11-7/h1-4H. The van der Waals surface area contributed by atoms with Gasteiger partial charge in [-0.2, -0.15) is 0 Å². The van der Waals surface area contributed by atoms with Crippen LogP contribution in [0.1, 0.15) is 0 Å². The zero-order valence-corrected chi connectivity index (χ0v) is 5.56. The molecule has 0 spiro atoms. The maximum absolute atomic E-state index is 4.74. The second-order valence-electron chi connectivity index (χ2n) is 1.93. The fraction of sp³-hybridized carbons (Fsp3) is 0. The molecular formula is C7H4N3O. The zero-order chi connectivity index (χ0) is 7.52. The molecular weight excluding hydrogens is 142 g/mol. The lowest BCUT2D eigenvalue weighted by atomic mass is 10.3. The number of rotatable bonds is 1. The van der Waals surface area contributed by atoms with Crippen LogP contribution in [-0.4, -0.2) is 15.4 Å². The van der Waals surface area contributed by atoms with Crippen molar-refractivity contribution in [2.75, 3.05) is 0 Å². The third-order valence-electron chi connectivity index (χ3n) is 1.22. The largest absolute Gasteiger partial charge is 0.334 e. The highest BCUT2D eigenvalue weighted by molar-refractivity contribution is 5.48. The van der Waals surface area contributed by atoms with Gasteiger partial charge in [0.15, 0.2) is 6.20 Å². The summed E-state index contributed by atoms with van der Waals surface area (Å²) in [6.07, 6.45) is 4.24. The summed E-state index contributed by atoms with van der Waals surface area (Å²) >= 11 is 0. The van der Waals surface area contributed by atoms with Crippen molar-refractivity contribution < 1.29 is 4.52 Å². The second-order valence-corrected chi connectivity index (χ2v) is 1.93. The van der Waals surface area contributed by atoms with Crippen LogP contribution in [0.4, 0.5) is 0 Å². The summed E-state index contributed by atoms with van der Waals surface area (Å²) in [7, 11) is 0. The van der Waals surface area contributed by atoms with Crippen LogP contribution in [0.3, 0.4) is 0 Å². The Bertz CT molecular complexity index is 317. The van der Waals surface area contributed by atoms with E-state index in [4.69, 9.17) is 4.52 Å². The summed E-state index contributed by atoms with van der Waals surface area (Å²) in [5, 5.41) is 6.69. The predicted molar refractivity (Wildman–Crippen MR) is 36.4 cm³/mol. The van der Waals surface area contributed by atoms with Crippen LogP contribution in [0.15, 0.2) is 28.9 Å². The topological polar surface area (TPSA) is 51.8 Å². The van der Waals surface area contributed by atoms with Crippen LogP contribution in [0.2, 0.25) is 0 Å². The monoisotopic (exact) mass is 146 g/mol. The third kappa shape index (κ3) is 1.10. The number of aromatic nitrogens is 3. The van der Waals surface area contributed by atoms with Gasteiger partial charge in [-0.3, -0.25) is 4.98 Å². The molecule has 53 valence electrons. The molecule has 0 aliphatic carbocycles. The van der Waals surface area contributed by atoms with E-state index in [2.05, 4.69) is 21.6 Å². The van der Waals surface area contributed by atoms with Crippen LogP contribution in [0.5, 0.6) is 0 Å². The first-order valence-electron chi connectivity index (χ1n) is 3.08. The van der Waals surface area contributed by atoms with Crippen molar-refractivity contribution in [3.8, 4) is 11.5 Å². The van der Waals surface area contributed by atoms with Crippen molar-refractivity contribution in [2.24, 2.45) is 0 Å². The van der Waals surface area contributed by atoms with Crippen LogP contribution < -0.4 is 0 Å². The lowest BCUT2D eigenvalue weighted by molar-refractivity contribution is 0.402. The maximum atomic E-state index is 4.74. The molecule has 0 atom stereocenters. The highest BCUT2D eigenvalue weighted by atomic mass is 16.5. The summed E-state index contributed by atoms with van der Waals surface area (Å²) in [4.78, 5) is 4.02. The Labute approximate surface area is 62.9 Å². The number of pyridine rings is 1. The van der Waals surface area contributed by atoms with Gasteiger partial charge in [-0.05, 0) is 12.1 Å². The predicted octanol–water partition coefficient (Wildman–Crippen LogP) is 0.932. The Morgan fingerprint density at radius 2 is 2.36 bits per heavy atom. The van der Waals surface area contributed by atoms with E-state index >= 15 is 0 Å². The number of nitrogens with zero attached hydrogens (tertiary/aromatic N) is 3. The molecule has 4 nitrogen and oxygen atoms in total. The number of hydrogen-bond acceptors (Lipinski definition) is 4. The average molecular weight is 146 g/mol. The van der Waals surface area contributed by atoms with Crippen LogP contribution in [0.25, 0.3) is 11.5 Å². The summed E-state index contributed by atoms with van der Waals surface area (Å²) < 4.78 is 4.74. The van der Waals surface area contributed by atoms with E-state index in [-0.39, 0.29) is 0 Å². The minimum absolute atomic E-state index is 0.464. The quantitative estimate of drug-likeness (QED) is 0.600. The van der Waals surface area contributed by atoms with Crippen LogP contribution >= 0.6 is 0 Å². The molecule has 4 heteroatoms. The molecule has 0 aliphatic rings. The lowest BCUT2D eigenvalue weighted by Crippen LogP contribution is -1.77. The van der Waals surface area contributed by atoms with Crippen molar-refractivity contribution >= 4 is 0 Å². The van der Waals surface area contributed by atoms with Gasteiger partial charge in [0.05, 0.1) is 0 Å². The lowest BCUT2D eigenvalue weighted by Gasteiger charge is -1.88. The average Bonchev–Trinajstić information content (AvgIpc) is 2.58. The van der Waals surface area contributed by atoms with E-state index in [0.717, 1.165) is 0 Å². The van der Waals surface area contributed by atoms with E-state index in [0.29, 0.717) is 11.5 Å². The van der Waals surface area contributed by atoms with Gasteiger partial charge < -0.3 is 4.52 Å².